The first-order valence-corrected chi connectivity index (χ1v) is 32.4. The molecular formula is C69H97N3O10. The van der Waals surface area contributed by atoms with Gasteiger partial charge < -0.3 is 49.9 Å². The molecule has 3 aromatic rings. The predicted molar refractivity (Wildman–Crippen MR) is 314 cm³/mol. The van der Waals surface area contributed by atoms with Gasteiger partial charge in [0.05, 0.1) is 46.5 Å². The highest BCUT2D eigenvalue weighted by Crippen LogP contribution is 2.80. The number of hydrogen-bond donors (Lipinski definition) is 7. The lowest BCUT2D eigenvalue weighted by atomic mass is 9.30. The molecule has 0 radical (unpaired) electrons. The van der Waals surface area contributed by atoms with Crippen LogP contribution in [0.2, 0.25) is 0 Å². The summed E-state index contributed by atoms with van der Waals surface area (Å²) in [5.41, 5.74) is 4.27. The number of carbonyl (C=O) groups excluding carboxylic acids is 3. The van der Waals surface area contributed by atoms with Gasteiger partial charge in [-0.05, 0) is 190 Å². The molecule has 7 aliphatic carbocycles. The predicted octanol–water partition coefficient (Wildman–Crippen LogP) is 9.97. The number of ether oxygens (including phenoxy) is 2. The number of nitrogens with zero attached hydrogens (tertiary/aromatic N) is 1. The molecule has 0 bridgehead atoms. The van der Waals surface area contributed by atoms with Crippen LogP contribution in [0.3, 0.4) is 0 Å². The number of epoxide rings is 1. The number of hydrogen-bond acceptors (Lipinski definition) is 11. The third-order valence-corrected chi connectivity index (χ3v) is 26.1. The lowest BCUT2D eigenvalue weighted by Crippen LogP contribution is -2.72. The Kier molecular flexibility index (Phi) is 14.0. The van der Waals surface area contributed by atoms with Gasteiger partial charge in [-0.2, -0.15) is 0 Å². The second-order valence-electron chi connectivity index (χ2n) is 30.6. The van der Waals surface area contributed by atoms with E-state index in [1.807, 2.05) is 20.9 Å². The topological polar surface area (TPSA) is 207 Å². The van der Waals surface area contributed by atoms with Gasteiger partial charge in [0, 0.05) is 98.2 Å². The minimum Gasteiger partial charge on any atom is -0.396 e. The van der Waals surface area contributed by atoms with Crippen LogP contribution < -0.4 is 5.32 Å². The Hall–Kier alpha value is -3.53. The fraction of sp³-hybridized carbons (Fsp3) is 0.754. The summed E-state index contributed by atoms with van der Waals surface area (Å²) in [5.74, 6) is -1.21. The van der Waals surface area contributed by atoms with E-state index in [4.69, 9.17) is 9.47 Å². The van der Waals surface area contributed by atoms with Gasteiger partial charge in [0.1, 0.15) is 17.7 Å². The fourth-order valence-electron chi connectivity index (χ4n) is 21.6. The van der Waals surface area contributed by atoms with Crippen molar-refractivity contribution in [2.45, 2.75) is 237 Å². The quantitative estimate of drug-likeness (QED) is 0.0850. The van der Waals surface area contributed by atoms with E-state index < -0.39 is 73.8 Å². The Morgan fingerprint density at radius 2 is 1.65 bits per heavy atom. The number of benzene rings is 1. The van der Waals surface area contributed by atoms with Crippen molar-refractivity contribution >= 4 is 28.4 Å². The zero-order chi connectivity index (χ0) is 57.9. The normalized spacial score (nSPS) is 40.9. The molecule has 13 rings (SSSR count). The number of aryl methyl sites for hydroxylation is 1. The maximum atomic E-state index is 15.9. The van der Waals surface area contributed by atoms with Gasteiger partial charge in [0.25, 0.3) is 0 Å². The minimum atomic E-state index is -1.11. The molecule has 0 amide bonds. The number of allylic oxidation sites excluding steroid dienone is 1. The van der Waals surface area contributed by atoms with Gasteiger partial charge in [-0.15, -0.1) is 0 Å². The maximum Gasteiger partial charge on any atom is 0.160 e. The molecule has 5 heterocycles. The van der Waals surface area contributed by atoms with Crippen molar-refractivity contribution in [3.05, 3.63) is 69.1 Å². The van der Waals surface area contributed by atoms with Crippen molar-refractivity contribution in [2.24, 2.45) is 56.2 Å². The van der Waals surface area contributed by atoms with E-state index in [2.05, 4.69) is 74.0 Å². The van der Waals surface area contributed by atoms with Gasteiger partial charge in [-0.1, -0.05) is 66.0 Å². The van der Waals surface area contributed by atoms with E-state index in [9.17, 15) is 25.5 Å². The molecule has 13 nitrogen and oxygen atoms in total. The van der Waals surface area contributed by atoms with Crippen LogP contribution in [0, 0.1) is 56.2 Å². The van der Waals surface area contributed by atoms with Crippen molar-refractivity contribution in [2.75, 3.05) is 33.4 Å². The first-order valence-electron chi connectivity index (χ1n) is 32.4. The third kappa shape index (κ3) is 8.27. The number of aromatic amines is 1. The number of ketones is 3. The smallest absolute Gasteiger partial charge is 0.160 e. The van der Waals surface area contributed by atoms with Gasteiger partial charge in [0.15, 0.2) is 5.78 Å². The summed E-state index contributed by atoms with van der Waals surface area (Å²) in [6.45, 7) is 17.4. The Balaban J connectivity index is 1.03. The number of aliphatic hydroxyl groups is 5. The Morgan fingerprint density at radius 3 is 2.33 bits per heavy atom. The molecule has 3 aliphatic heterocycles. The molecule has 2 aromatic heterocycles. The van der Waals surface area contributed by atoms with Crippen LogP contribution in [0.1, 0.15) is 216 Å². The van der Waals surface area contributed by atoms with Crippen LogP contribution in [0.4, 0.5) is 0 Å². The lowest BCUT2D eigenvalue weighted by molar-refractivity contribution is -0.262. The number of aromatic nitrogens is 2. The monoisotopic (exact) mass is 1130 g/mol. The molecule has 13 heteroatoms. The summed E-state index contributed by atoms with van der Waals surface area (Å²) in [5, 5.41) is 65.0. The summed E-state index contributed by atoms with van der Waals surface area (Å²) >= 11 is 0. The zero-order valence-electron chi connectivity index (χ0n) is 50.7. The Labute approximate surface area is 486 Å². The first-order chi connectivity index (χ1) is 38.9. The van der Waals surface area contributed by atoms with Crippen LogP contribution in [-0.2, 0) is 48.8 Å². The van der Waals surface area contributed by atoms with E-state index in [1.165, 1.54) is 12.0 Å². The van der Waals surface area contributed by atoms with Crippen molar-refractivity contribution in [3.8, 4) is 0 Å². The van der Waals surface area contributed by atoms with Crippen LogP contribution in [-0.4, -0.2) is 116 Å². The Bertz CT molecular complexity index is 3090. The lowest BCUT2D eigenvalue weighted by Gasteiger charge is -2.74. The molecule has 7 N–H and O–H groups in total. The molecular weight excluding hydrogens is 1030 g/mol. The van der Waals surface area contributed by atoms with Crippen molar-refractivity contribution in [3.63, 3.8) is 0 Å². The summed E-state index contributed by atoms with van der Waals surface area (Å²) in [4.78, 5) is 50.7. The van der Waals surface area contributed by atoms with Gasteiger partial charge in [-0.3, -0.25) is 14.4 Å². The molecule has 7 fully saturated rings. The first kappa shape index (κ1) is 57.5. The summed E-state index contributed by atoms with van der Waals surface area (Å²) in [7, 11) is 1.95. The van der Waals surface area contributed by atoms with Crippen LogP contribution in [0.15, 0.2) is 35.7 Å². The summed E-state index contributed by atoms with van der Waals surface area (Å²) < 4.78 is 14.4. The minimum absolute atomic E-state index is 0.0198. The second-order valence-corrected chi connectivity index (χ2v) is 30.6. The molecule has 15 atom stereocenters. The molecule has 10 aliphatic rings. The van der Waals surface area contributed by atoms with Crippen molar-refractivity contribution in [1.82, 2.24) is 14.9 Å². The maximum absolute atomic E-state index is 15.9. The van der Waals surface area contributed by atoms with Crippen LogP contribution in [0.5, 0.6) is 0 Å². The summed E-state index contributed by atoms with van der Waals surface area (Å²) in [6.07, 6.45) is 15.9. The molecule has 15 unspecified atom stereocenters. The highest BCUT2D eigenvalue weighted by atomic mass is 16.6. The largest absolute Gasteiger partial charge is 0.396 e. The number of Topliss-reactive ketones (excluding diaryl/α,β-unsaturated/α-hetero) is 3. The number of carbonyl (C=O) groups is 3. The van der Waals surface area contributed by atoms with E-state index in [1.54, 1.807) is 0 Å². The molecule has 82 heavy (non-hydrogen) atoms. The highest BCUT2D eigenvalue weighted by Gasteiger charge is 2.78. The van der Waals surface area contributed by atoms with E-state index in [0.717, 1.165) is 88.5 Å². The average molecular weight is 1130 g/mol. The standard InChI is InChI=1S/C69H97N3O10/c1-62(2)61(82-62)50(76)33-63(3)19-16-41-36-71-56-46(53-45-30-42(39-13-10-9-11-14-39)31-48(69(80)23-27-81-28-24-69)44(45)29-40(58(53)78)15-12-26-73)37-72(57(41)56)38-47-54-55(63)49(75)34-66(54,6)65(5)20-18-51-64(4,22-25-70-8)52(77)35-68(21-17-43(74)32-68)67(51,7)60(65)59(47)79/h30-31,36-37,39-40,43,47,50-51,53,59-61,70-71,73-74,76,79-80H,9-29,32-35,38H2,1-8H3. The molecule has 2 saturated heterocycles. The SMILES string of the molecule is CNCCC1(C)C(=O)CC2(CCC(O)C2)C2(C)C1CCC1(C)C2C(O)C2Cn3cc(C4C(=O)C(CCCO)Cc5c4cc(C4CCCCC4)cc5C4(O)CCOCC4)c4[nH]cc(c43)CCC(C)(CC(O)C3OC3(C)C)C3=C2C1(C)CC3=O. The van der Waals surface area contributed by atoms with Crippen LogP contribution >= 0.6 is 0 Å². The molecule has 1 spiro atoms. The summed E-state index contributed by atoms with van der Waals surface area (Å²) in [6, 6.07) is 4.63. The number of fused-ring (bicyclic) bond motifs is 6. The third-order valence-electron chi connectivity index (χ3n) is 26.1. The van der Waals surface area contributed by atoms with Gasteiger partial charge in [0.2, 0.25) is 0 Å². The zero-order valence-corrected chi connectivity index (χ0v) is 50.7. The number of rotatable bonds is 12. The second kappa shape index (κ2) is 20.0. The molecule has 448 valence electrons. The number of aliphatic hydroxyl groups excluding tert-OH is 4. The molecule has 1 aromatic carbocycles. The van der Waals surface area contributed by atoms with Crippen molar-refractivity contribution < 1.29 is 49.4 Å². The van der Waals surface area contributed by atoms with Gasteiger partial charge in [-0.25, -0.2) is 0 Å². The van der Waals surface area contributed by atoms with Crippen LogP contribution in [0.25, 0.3) is 11.0 Å². The fourth-order valence-corrected chi connectivity index (χ4v) is 21.6. The average Bonchev–Trinajstić information content (AvgIpc) is 1.18. The number of nitrogens with one attached hydrogen (secondary N) is 2. The van der Waals surface area contributed by atoms with E-state index in [-0.39, 0.29) is 47.8 Å². The number of H-pyrrole nitrogens is 1. The van der Waals surface area contributed by atoms with E-state index in [0.29, 0.717) is 122 Å². The van der Waals surface area contributed by atoms with Crippen molar-refractivity contribution in [1.29, 1.82) is 0 Å². The van der Waals surface area contributed by atoms with E-state index >= 15 is 14.4 Å². The Morgan fingerprint density at radius 1 is 0.902 bits per heavy atom. The molecule has 5 saturated carbocycles. The van der Waals surface area contributed by atoms with Gasteiger partial charge >= 0.3 is 0 Å². The highest BCUT2D eigenvalue weighted by molar-refractivity contribution is 6.02.